The molecule has 1 aromatic rings. The van der Waals surface area contributed by atoms with Crippen LogP contribution in [0.5, 0.6) is 5.88 Å². The summed E-state index contributed by atoms with van der Waals surface area (Å²) < 4.78 is 28.5. The van der Waals surface area contributed by atoms with E-state index < -0.39 is 9.84 Å². The molecular weight excluding hydrogens is 370 g/mol. The number of aromatic nitrogens is 1. The Morgan fingerprint density at radius 3 is 2.70 bits per heavy atom. The van der Waals surface area contributed by atoms with Crippen LogP contribution in [0.15, 0.2) is 28.4 Å². The maximum atomic E-state index is 11.4. The van der Waals surface area contributed by atoms with Crippen molar-refractivity contribution in [2.45, 2.75) is 36.1 Å². The van der Waals surface area contributed by atoms with Gasteiger partial charge in [0.2, 0.25) is 11.8 Å². The average molecular weight is 398 g/mol. The van der Waals surface area contributed by atoms with Gasteiger partial charge >= 0.3 is 0 Å². The first-order valence-electron chi connectivity index (χ1n) is 9.03. The standard InChI is InChI=1S/C17H27N5O4S/c1-27(24,25)13-2-3-15(20-11-13)26-9-6-17(19)10-14(17)12-4-7-22(8-5-12)16(18)21-23/h2-3,11-12,14,23H,4-10,19H2,1H3,(H2,18,21). The molecule has 0 amide bonds. The summed E-state index contributed by atoms with van der Waals surface area (Å²) in [6, 6.07) is 3.05. The largest absolute Gasteiger partial charge is 0.478 e. The summed E-state index contributed by atoms with van der Waals surface area (Å²) in [5.41, 5.74) is 11.9. The lowest BCUT2D eigenvalue weighted by Crippen LogP contribution is -2.44. The minimum atomic E-state index is -3.25. The first-order valence-corrected chi connectivity index (χ1v) is 10.9. The van der Waals surface area contributed by atoms with Crippen molar-refractivity contribution < 1.29 is 18.4 Å². The zero-order chi connectivity index (χ0) is 19.7. The molecule has 0 radical (unpaired) electrons. The number of nitrogens with zero attached hydrogens (tertiary/aromatic N) is 3. The summed E-state index contributed by atoms with van der Waals surface area (Å²) in [5, 5.41) is 11.8. The lowest BCUT2D eigenvalue weighted by atomic mass is 9.89. The number of guanidine groups is 1. The Morgan fingerprint density at radius 2 is 2.15 bits per heavy atom. The molecule has 0 bridgehead atoms. The van der Waals surface area contributed by atoms with Crippen molar-refractivity contribution in [1.82, 2.24) is 9.88 Å². The van der Waals surface area contributed by atoms with Crippen LogP contribution in [-0.2, 0) is 9.84 Å². The molecule has 150 valence electrons. The van der Waals surface area contributed by atoms with Crippen LogP contribution in [0.4, 0.5) is 0 Å². The normalized spacial score (nSPS) is 26.8. The molecule has 3 rings (SSSR count). The number of piperidine rings is 1. The summed E-state index contributed by atoms with van der Waals surface area (Å²) in [5.74, 6) is 1.59. The summed E-state index contributed by atoms with van der Waals surface area (Å²) in [7, 11) is -3.25. The van der Waals surface area contributed by atoms with Crippen LogP contribution in [0.2, 0.25) is 0 Å². The molecule has 10 heteroatoms. The number of hydrogen-bond acceptors (Lipinski definition) is 7. The maximum Gasteiger partial charge on any atom is 0.233 e. The quantitative estimate of drug-likeness (QED) is 0.270. The van der Waals surface area contributed by atoms with Gasteiger partial charge in [-0.1, -0.05) is 5.16 Å². The Morgan fingerprint density at radius 1 is 1.44 bits per heavy atom. The molecule has 2 fully saturated rings. The lowest BCUT2D eigenvalue weighted by Gasteiger charge is -2.33. The predicted molar refractivity (Wildman–Crippen MR) is 100 cm³/mol. The molecule has 1 aliphatic heterocycles. The van der Waals surface area contributed by atoms with E-state index in [0.29, 0.717) is 24.3 Å². The molecule has 1 saturated carbocycles. The highest BCUT2D eigenvalue weighted by molar-refractivity contribution is 7.90. The Hall–Kier alpha value is -2.07. The highest BCUT2D eigenvalue weighted by Crippen LogP contribution is 2.51. The molecule has 2 aliphatic rings. The average Bonchev–Trinajstić information content (AvgIpc) is 3.32. The van der Waals surface area contributed by atoms with Gasteiger partial charge in [0.15, 0.2) is 9.84 Å². The first-order chi connectivity index (χ1) is 12.7. The van der Waals surface area contributed by atoms with Gasteiger partial charge in [0.25, 0.3) is 0 Å². The predicted octanol–water partition coefficient (Wildman–Crippen LogP) is 0.387. The van der Waals surface area contributed by atoms with E-state index in [1.807, 2.05) is 4.90 Å². The van der Waals surface area contributed by atoms with Crippen LogP contribution < -0.4 is 16.2 Å². The number of hydrogen-bond donors (Lipinski definition) is 3. The third kappa shape index (κ3) is 4.62. The summed E-state index contributed by atoms with van der Waals surface area (Å²) in [4.78, 5) is 6.09. The highest BCUT2D eigenvalue weighted by atomic mass is 32.2. The van der Waals surface area contributed by atoms with Crippen LogP contribution in [0.1, 0.15) is 25.7 Å². The Labute approximate surface area is 159 Å². The van der Waals surface area contributed by atoms with Crippen LogP contribution in [0, 0.1) is 11.8 Å². The van der Waals surface area contributed by atoms with E-state index >= 15 is 0 Å². The fourth-order valence-electron chi connectivity index (χ4n) is 3.89. The molecular formula is C17H27N5O4S. The number of ether oxygens (including phenoxy) is 1. The van der Waals surface area contributed by atoms with Gasteiger partial charge in [-0.15, -0.1) is 0 Å². The number of likely N-dealkylation sites (tertiary alicyclic amines) is 1. The van der Waals surface area contributed by atoms with Crippen molar-refractivity contribution in [3.63, 3.8) is 0 Å². The van der Waals surface area contributed by atoms with Gasteiger partial charge in [0.1, 0.15) is 0 Å². The van der Waals surface area contributed by atoms with E-state index in [1.54, 1.807) is 6.07 Å². The number of pyridine rings is 1. The molecule has 2 atom stereocenters. The van der Waals surface area contributed by atoms with Gasteiger partial charge in [-0.3, -0.25) is 0 Å². The monoisotopic (exact) mass is 397 g/mol. The molecule has 1 saturated heterocycles. The molecule has 2 unspecified atom stereocenters. The zero-order valence-corrected chi connectivity index (χ0v) is 16.2. The smallest absolute Gasteiger partial charge is 0.233 e. The molecule has 1 aromatic heterocycles. The topological polar surface area (TPSA) is 144 Å². The minimum Gasteiger partial charge on any atom is -0.478 e. The Kier molecular flexibility index (Phi) is 5.48. The van der Waals surface area contributed by atoms with Crippen molar-refractivity contribution in [2.24, 2.45) is 28.5 Å². The Balaban J connectivity index is 1.43. The fraction of sp³-hybridized carbons (Fsp3) is 0.647. The molecule has 9 nitrogen and oxygen atoms in total. The second-order valence-corrected chi connectivity index (χ2v) is 9.54. The number of nitrogens with two attached hydrogens (primary N) is 2. The fourth-order valence-corrected chi connectivity index (χ4v) is 4.44. The molecule has 0 aromatic carbocycles. The molecule has 27 heavy (non-hydrogen) atoms. The van der Waals surface area contributed by atoms with Gasteiger partial charge < -0.3 is 26.3 Å². The number of sulfone groups is 1. The molecule has 0 spiro atoms. The van der Waals surface area contributed by atoms with E-state index in [-0.39, 0.29) is 16.4 Å². The summed E-state index contributed by atoms with van der Waals surface area (Å²) in [6.07, 6.45) is 6.12. The number of oxime groups is 1. The number of rotatable bonds is 6. The van der Waals surface area contributed by atoms with Crippen LogP contribution in [0.25, 0.3) is 0 Å². The lowest BCUT2D eigenvalue weighted by molar-refractivity contribution is 0.214. The molecule has 2 heterocycles. The second kappa shape index (κ2) is 7.51. The van der Waals surface area contributed by atoms with Crippen LogP contribution in [0.3, 0.4) is 0 Å². The van der Waals surface area contributed by atoms with Crippen molar-refractivity contribution in [1.29, 1.82) is 0 Å². The maximum absolute atomic E-state index is 11.4. The van der Waals surface area contributed by atoms with Crippen molar-refractivity contribution in [3.8, 4) is 5.88 Å². The SMILES string of the molecule is CS(=O)(=O)c1ccc(OCCC2(N)CC2C2CCN(/C(N)=N/O)CC2)nc1. The summed E-state index contributed by atoms with van der Waals surface area (Å²) >= 11 is 0. The van der Waals surface area contributed by atoms with Gasteiger partial charge in [-0.05, 0) is 43.6 Å². The Bertz CT molecular complexity index is 790. The van der Waals surface area contributed by atoms with E-state index in [0.717, 1.165) is 45.0 Å². The molecule has 5 N–H and O–H groups in total. The van der Waals surface area contributed by atoms with Gasteiger partial charge in [-0.25, -0.2) is 13.4 Å². The van der Waals surface area contributed by atoms with Gasteiger partial charge in [0.05, 0.1) is 11.5 Å². The van der Waals surface area contributed by atoms with E-state index in [4.69, 9.17) is 21.4 Å². The van der Waals surface area contributed by atoms with Crippen molar-refractivity contribution in [3.05, 3.63) is 18.3 Å². The van der Waals surface area contributed by atoms with Crippen molar-refractivity contribution in [2.75, 3.05) is 26.0 Å². The summed E-state index contributed by atoms with van der Waals surface area (Å²) in [6.45, 7) is 2.00. The van der Waals surface area contributed by atoms with E-state index in [1.165, 1.54) is 12.3 Å². The zero-order valence-electron chi connectivity index (χ0n) is 15.4. The van der Waals surface area contributed by atoms with E-state index in [2.05, 4.69) is 10.1 Å². The first kappa shape index (κ1) is 19.7. The highest BCUT2D eigenvalue weighted by Gasteiger charge is 2.54. The van der Waals surface area contributed by atoms with Crippen LogP contribution in [-0.4, -0.2) is 61.0 Å². The third-order valence-corrected chi connectivity index (χ3v) is 6.77. The molecule has 1 aliphatic carbocycles. The minimum absolute atomic E-state index is 0.172. The third-order valence-electron chi connectivity index (χ3n) is 5.67. The van der Waals surface area contributed by atoms with Crippen molar-refractivity contribution >= 4 is 15.8 Å². The van der Waals surface area contributed by atoms with Gasteiger partial charge in [0, 0.05) is 37.1 Å². The van der Waals surface area contributed by atoms with Gasteiger partial charge in [-0.2, -0.15) is 0 Å². The second-order valence-electron chi connectivity index (χ2n) is 7.53. The van der Waals surface area contributed by atoms with E-state index in [9.17, 15) is 8.42 Å². The van der Waals surface area contributed by atoms with Crippen LogP contribution >= 0.6 is 0 Å².